The summed E-state index contributed by atoms with van der Waals surface area (Å²) in [6.45, 7) is 10.6. The minimum atomic E-state index is -0.141. The van der Waals surface area contributed by atoms with Crippen LogP contribution < -0.4 is 4.74 Å². The number of methoxy groups -OCH3 is 2. The Balaban J connectivity index is 2.19. The highest BCUT2D eigenvalue weighted by atomic mass is 16.5. The Morgan fingerprint density at radius 1 is 1.23 bits per heavy atom. The second-order valence-electron chi connectivity index (χ2n) is 9.54. The lowest BCUT2D eigenvalue weighted by Crippen LogP contribution is -2.51. The fourth-order valence-electron chi connectivity index (χ4n) is 6.54. The van der Waals surface area contributed by atoms with E-state index in [0.717, 1.165) is 43.4 Å². The second kappa shape index (κ2) is 8.88. The number of nitrogens with zero attached hydrogens (tertiary/aromatic N) is 1. The van der Waals surface area contributed by atoms with Crippen molar-refractivity contribution in [2.24, 2.45) is 11.3 Å². The van der Waals surface area contributed by atoms with Crippen LogP contribution in [-0.4, -0.2) is 49.8 Å². The van der Waals surface area contributed by atoms with Gasteiger partial charge in [-0.1, -0.05) is 20.3 Å². The molecule has 3 atom stereocenters. The molecule has 0 spiro atoms. The first-order valence-corrected chi connectivity index (χ1v) is 11.4. The summed E-state index contributed by atoms with van der Waals surface area (Å²) in [5, 5.41) is 10.4. The largest absolute Gasteiger partial charge is 0.496 e. The SMILES string of the molecule is CCN(CC)C(=O)c1c(OC)cc2c(c1CO)CC[C@H]1[C@@](C)(COC)CCC[C@]21C. The van der Waals surface area contributed by atoms with Crippen molar-refractivity contribution in [3.63, 3.8) is 0 Å². The van der Waals surface area contributed by atoms with Gasteiger partial charge in [-0.25, -0.2) is 0 Å². The molecule has 0 aromatic heterocycles. The molecule has 2 aliphatic carbocycles. The van der Waals surface area contributed by atoms with Gasteiger partial charge in [-0.2, -0.15) is 0 Å². The topological polar surface area (TPSA) is 59.0 Å². The molecular weight excluding hydrogens is 378 g/mol. The Bertz CT molecular complexity index is 784. The van der Waals surface area contributed by atoms with E-state index >= 15 is 0 Å². The quantitative estimate of drug-likeness (QED) is 0.718. The monoisotopic (exact) mass is 417 g/mol. The van der Waals surface area contributed by atoms with Crippen molar-refractivity contribution < 1.29 is 19.4 Å². The summed E-state index contributed by atoms with van der Waals surface area (Å²) in [5.41, 5.74) is 3.86. The fraction of sp³-hybridized carbons (Fsp3) is 0.720. The first kappa shape index (κ1) is 23.1. The fourth-order valence-corrected chi connectivity index (χ4v) is 6.54. The molecule has 1 fully saturated rings. The van der Waals surface area contributed by atoms with Crippen LogP contribution in [-0.2, 0) is 23.2 Å². The van der Waals surface area contributed by atoms with E-state index in [9.17, 15) is 9.90 Å². The summed E-state index contributed by atoms with van der Waals surface area (Å²) in [6, 6.07) is 2.11. The van der Waals surface area contributed by atoms with E-state index in [1.54, 1.807) is 19.1 Å². The van der Waals surface area contributed by atoms with Gasteiger partial charge in [0.25, 0.3) is 5.91 Å². The molecule has 168 valence electrons. The molecule has 0 radical (unpaired) electrons. The Hall–Kier alpha value is -1.59. The zero-order valence-electron chi connectivity index (χ0n) is 19.6. The number of rotatable bonds is 7. The predicted molar refractivity (Wildman–Crippen MR) is 119 cm³/mol. The lowest BCUT2D eigenvalue weighted by molar-refractivity contribution is -0.0326. The van der Waals surface area contributed by atoms with Crippen LogP contribution in [0.5, 0.6) is 5.75 Å². The van der Waals surface area contributed by atoms with E-state index < -0.39 is 0 Å². The van der Waals surface area contributed by atoms with Gasteiger partial charge in [0.1, 0.15) is 5.75 Å². The van der Waals surface area contributed by atoms with Gasteiger partial charge in [0.05, 0.1) is 25.9 Å². The molecule has 0 aliphatic heterocycles. The summed E-state index contributed by atoms with van der Waals surface area (Å²) in [7, 11) is 3.42. The van der Waals surface area contributed by atoms with Gasteiger partial charge in [0.15, 0.2) is 0 Å². The minimum Gasteiger partial charge on any atom is -0.496 e. The number of hydrogen-bond donors (Lipinski definition) is 1. The Morgan fingerprint density at radius 2 is 1.93 bits per heavy atom. The van der Waals surface area contributed by atoms with Crippen molar-refractivity contribution in [3.8, 4) is 5.75 Å². The zero-order valence-corrected chi connectivity index (χ0v) is 19.6. The Kier molecular flexibility index (Phi) is 6.83. The number of fused-ring (bicyclic) bond motifs is 3. The smallest absolute Gasteiger partial charge is 0.257 e. The number of carbonyl (C=O) groups is 1. The highest BCUT2D eigenvalue weighted by Crippen LogP contribution is 2.58. The van der Waals surface area contributed by atoms with Gasteiger partial charge in [-0.05, 0) is 79.0 Å². The van der Waals surface area contributed by atoms with Gasteiger partial charge in [-0.3, -0.25) is 4.79 Å². The lowest BCUT2D eigenvalue weighted by Gasteiger charge is -2.55. The van der Waals surface area contributed by atoms with Gasteiger partial charge in [0.2, 0.25) is 0 Å². The van der Waals surface area contributed by atoms with E-state index in [-0.39, 0.29) is 23.3 Å². The van der Waals surface area contributed by atoms with Crippen LogP contribution in [0, 0.1) is 11.3 Å². The zero-order chi connectivity index (χ0) is 22.1. The first-order valence-electron chi connectivity index (χ1n) is 11.4. The van der Waals surface area contributed by atoms with Crippen LogP contribution in [0.3, 0.4) is 0 Å². The molecule has 0 heterocycles. The van der Waals surface area contributed by atoms with Gasteiger partial charge < -0.3 is 19.5 Å². The van der Waals surface area contributed by atoms with Crippen molar-refractivity contribution in [2.75, 3.05) is 33.9 Å². The number of aliphatic hydroxyl groups is 1. The molecule has 0 unspecified atom stereocenters. The van der Waals surface area contributed by atoms with Crippen molar-refractivity contribution >= 4 is 5.91 Å². The summed E-state index contributed by atoms with van der Waals surface area (Å²) in [6.07, 6.45) is 5.39. The molecule has 1 N–H and O–H groups in total. The van der Waals surface area contributed by atoms with E-state index in [2.05, 4.69) is 19.9 Å². The minimum absolute atomic E-state index is 0.00685. The van der Waals surface area contributed by atoms with Crippen LogP contribution in [0.2, 0.25) is 0 Å². The van der Waals surface area contributed by atoms with Crippen molar-refractivity contribution in [1.82, 2.24) is 4.90 Å². The summed E-state index contributed by atoms with van der Waals surface area (Å²) in [5.74, 6) is 1.05. The van der Waals surface area contributed by atoms with Gasteiger partial charge in [-0.15, -0.1) is 0 Å². The molecule has 5 nitrogen and oxygen atoms in total. The van der Waals surface area contributed by atoms with Crippen LogP contribution in [0.15, 0.2) is 6.07 Å². The second-order valence-corrected chi connectivity index (χ2v) is 9.54. The third-order valence-electron chi connectivity index (χ3n) is 7.98. The molecule has 3 rings (SSSR count). The summed E-state index contributed by atoms with van der Waals surface area (Å²) in [4.78, 5) is 15.1. The van der Waals surface area contributed by atoms with Crippen molar-refractivity contribution in [2.45, 2.75) is 71.8 Å². The average Bonchev–Trinajstić information content (AvgIpc) is 2.73. The molecule has 0 bridgehead atoms. The molecule has 30 heavy (non-hydrogen) atoms. The van der Waals surface area contributed by atoms with Gasteiger partial charge in [0, 0.05) is 20.2 Å². The third-order valence-corrected chi connectivity index (χ3v) is 7.98. The van der Waals surface area contributed by atoms with Crippen LogP contribution in [0.25, 0.3) is 0 Å². The number of benzene rings is 1. The van der Waals surface area contributed by atoms with E-state index in [1.165, 1.54) is 12.0 Å². The molecule has 1 amide bonds. The maximum Gasteiger partial charge on any atom is 0.257 e. The molecule has 1 saturated carbocycles. The molecule has 0 saturated heterocycles. The number of carbonyl (C=O) groups excluding carboxylic acids is 1. The predicted octanol–water partition coefficient (Wildman–Crippen LogP) is 4.33. The van der Waals surface area contributed by atoms with E-state index in [0.29, 0.717) is 30.3 Å². The highest BCUT2D eigenvalue weighted by Gasteiger charge is 2.52. The molecule has 1 aromatic rings. The Labute approximate surface area is 181 Å². The number of aliphatic hydroxyl groups excluding tert-OH is 1. The molecule has 1 aromatic carbocycles. The maximum absolute atomic E-state index is 13.3. The number of amides is 1. The van der Waals surface area contributed by atoms with E-state index in [1.807, 2.05) is 13.8 Å². The first-order chi connectivity index (χ1) is 14.3. The number of ether oxygens (including phenoxy) is 2. The van der Waals surface area contributed by atoms with Crippen molar-refractivity contribution in [3.05, 3.63) is 28.3 Å². The Morgan fingerprint density at radius 3 is 2.50 bits per heavy atom. The van der Waals surface area contributed by atoms with Crippen LogP contribution >= 0.6 is 0 Å². The summed E-state index contributed by atoms with van der Waals surface area (Å²) < 4.78 is 11.4. The average molecular weight is 418 g/mol. The lowest BCUT2D eigenvalue weighted by atomic mass is 9.49. The molecule has 2 aliphatic rings. The normalized spacial score (nSPS) is 27.9. The van der Waals surface area contributed by atoms with Crippen LogP contribution in [0.4, 0.5) is 0 Å². The van der Waals surface area contributed by atoms with Gasteiger partial charge >= 0.3 is 0 Å². The standard InChI is InChI=1S/C25H39NO4/c1-7-26(8-2)23(28)22-18(15-27)17-10-11-21-24(3,16-29-5)12-9-13-25(21,4)19(17)14-20(22)30-6/h14,21,27H,7-13,15-16H2,1-6H3/t21-,24+,25+/m0/s1. The maximum atomic E-state index is 13.3. The number of hydrogen-bond acceptors (Lipinski definition) is 4. The third kappa shape index (κ3) is 3.54. The highest BCUT2D eigenvalue weighted by molar-refractivity contribution is 5.99. The van der Waals surface area contributed by atoms with E-state index in [4.69, 9.17) is 9.47 Å². The molecule has 5 heteroatoms. The van der Waals surface area contributed by atoms with Crippen molar-refractivity contribution in [1.29, 1.82) is 0 Å². The summed E-state index contributed by atoms with van der Waals surface area (Å²) >= 11 is 0. The molecular formula is C25H39NO4. The van der Waals surface area contributed by atoms with Crippen LogP contribution in [0.1, 0.15) is 80.4 Å².